The average Bonchev–Trinajstić information content (AvgIpc) is 3.20. The van der Waals surface area contributed by atoms with Gasteiger partial charge in [-0.05, 0) is 49.1 Å². The third-order valence-electron chi connectivity index (χ3n) is 4.54. The molecule has 0 bridgehead atoms. The van der Waals surface area contributed by atoms with Gasteiger partial charge in [0.15, 0.2) is 0 Å². The van der Waals surface area contributed by atoms with Crippen LogP contribution in [0.2, 0.25) is 0 Å². The van der Waals surface area contributed by atoms with E-state index in [0.29, 0.717) is 13.0 Å². The van der Waals surface area contributed by atoms with E-state index < -0.39 is 0 Å². The van der Waals surface area contributed by atoms with Gasteiger partial charge in [0.05, 0.1) is 4.88 Å². The van der Waals surface area contributed by atoms with Gasteiger partial charge >= 0.3 is 0 Å². The van der Waals surface area contributed by atoms with Crippen LogP contribution in [0.3, 0.4) is 0 Å². The molecule has 0 unspecified atom stereocenters. The highest BCUT2D eigenvalue weighted by Crippen LogP contribution is 2.23. The lowest BCUT2D eigenvalue weighted by molar-refractivity contribution is -0.117. The number of aryl methyl sites for hydroxylation is 2. The standard InChI is InChI=1S/C20H24N2O2S/c1-3-5-16-12-18(25-14(16)2)20(24)21-13-15-7-9-17(10-8-15)22-11-4-6-19(22)23/h7-10,12H,3-6,11,13H2,1-2H3,(H,21,24). The van der Waals surface area contributed by atoms with Gasteiger partial charge in [-0.2, -0.15) is 0 Å². The van der Waals surface area contributed by atoms with E-state index in [1.54, 1.807) is 11.3 Å². The molecule has 5 heteroatoms. The molecule has 2 amide bonds. The van der Waals surface area contributed by atoms with Crippen LogP contribution in [0.4, 0.5) is 5.69 Å². The van der Waals surface area contributed by atoms with Crippen molar-refractivity contribution in [2.45, 2.75) is 46.1 Å². The Morgan fingerprint density at radius 3 is 2.68 bits per heavy atom. The predicted octanol–water partition coefficient (Wildman–Crippen LogP) is 4.07. The van der Waals surface area contributed by atoms with E-state index in [4.69, 9.17) is 0 Å². The molecular weight excluding hydrogens is 332 g/mol. The first kappa shape index (κ1) is 17.7. The number of amides is 2. The molecule has 0 spiro atoms. The molecule has 1 aliphatic rings. The highest BCUT2D eigenvalue weighted by molar-refractivity contribution is 7.14. The average molecular weight is 356 g/mol. The van der Waals surface area contributed by atoms with Gasteiger partial charge in [0.2, 0.25) is 5.91 Å². The fourth-order valence-electron chi connectivity index (χ4n) is 3.13. The second-order valence-corrected chi connectivity index (χ2v) is 7.70. The van der Waals surface area contributed by atoms with Gasteiger partial charge in [0.1, 0.15) is 0 Å². The van der Waals surface area contributed by atoms with Crippen LogP contribution in [-0.4, -0.2) is 18.4 Å². The maximum Gasteiger partial charge on any atom is 0.261 e. The lowest BCUT2D eigenvalue weighted by atomic mass is 10.1. The first-order valence-corrected chi connectivity index (χ1v) is 9.67. The quantitative estimate of drug-likeness (QED) is 0.848. The number of anilines is 1. The van der Waals surface area contributed by atoms with Crippen LogP contribution in [0.5, 0.6) is 0 Å². The highest BCUT2D eigenvalue weighted by atomic mass is 32.1. The Hall–Kier alpha value is -2.14. The number of hydrogen-bond donors (Lipinski definition) is 1. The summed E-state index contributed by atoms with van der Waals surface area (Å²) in [4.78, 5) is 28.0. The molecule has 1 aliphatic heterocycles. The van der Waals surface area contributed by atoms with Crippen molar-refractivity contribution < 1.29 is 9.59 Å². The second kappa shape index (κ2) is 7.83. The summed E-state index contributed by atoms with van der Waals surface area (Å²) in [5.41, 5.74) is 3.25. The lowest BCUT2D eigenvalue weighted by Crippen LogP contribution is -2.24. The fraction of sp³-hybridized carbons (Fsp3) is 0.400. The van der Waals surface area contributed by atoms with E-state index >= 15 is 0 Å². The first-order chi connectivity index (χ1) is 12.1. The molecule has 1 saturated heterocycles. The minimum atomic E-state index is -0.0192. The van der Waals surface area contributed by atoms with Crippen LogP contribution >= 0.6 is 11.3 Å². The molecule has 0 aliphatic carbocycles. The summed E-state index contributed by atoms with van der Waals surface area (Å²) < 4.78 is 0. The van der Waals surface area contributed by atoms with E-state index in [1.165, 1.54) is 10.4 Å². The van der Waals surface area contributed by atoms with Gasteiger partial charge in [-0.1, -0.05) is 25.5 Å². The van der Waals surface area contributed by atoms with Crippen LogP contribution in [0, 0.1) is 6.92 Å². The van der Waals surface area contributed by atoms with Crippen LogP contribution < -0.4 is 10.2 Å². The molecule has 132 valence electrons. The van der Waals surface area contributed by atoms with Gasteiger partial charge in [-0.25, -0.2) is 0 Å². The smallest absolute Gasteiger partial charge is 0.261 e. The number of nitrogens with one attached hydrogen (secondary N) is 1. The summed E-state index contributed by atoms with van der Waals surface area (Å²) >= 11 is 1.56. The number of benzene rings is 1. The largest absolute Gasteiger partial charge is 0.347 e. The maximum atomic E-state index is 12.4. The van der Waals surface area contributed by atoms with E-state index in [2.05, 4.69) is 19.2 Å². The van der Waals surface area contributed by atoms with E-state index in [0.717, 1.165) is 41.9 Å². The molecule has 1 aromatic heterocycles. The van der Waals surface area contributed by atoms with Crippen molar-refractivity contribution in [3.63, 3.8) is 0 Å². The van der Waals surface area contributed by atoms with Crippen LogP contribution in [0.15, 0.2) is 30.3 Å². The van der Waals surface area contributed by atoms with Gasteiger partial charge in [0.25, 0.3) is 5.91 Å². The zero-order chi connectivity index (χ0) is 17.8. The van der Waals surface area contributed by atoms with Crippen molar-refractivity contribution in [3.05, 3.63) is 51.2 Å². The minimum Gasteiger partial charge on any atom is -0.347 e. The third kappa shape index (κ3) is 4.10. The van der Waals surface area contributed by atoms with E-state index in [9.17, 15) is 9.59 Å². The molecule has 1 fully saturated rings. The Bertz CT molecular complexity index is 765. The topological polar surface area (TPSA) is 49.4 Å². The van der Waals surface area contributed by atoms with Crippen LogP contribution in [0.1, 0.15) is 51.9 Å². The SMILES string of the molecule is CCCc1cc(C(=O)NCc2ccc(N3CCCC3=O)cc2)sc1C. The Kier molecular flexibility index (Phi) is 5.53. The number of carbonyl (C=O) groups excluding carboxylic acids is 2. The van der Waals surface area contributed by atoms with E-state index in [-0.39, 0.29) is 11.8 Å². The predicted molar refractivity (Wildman–Crippen MR) is 102 cm³/mol. The molecule has 2 heterocycles. The van der Waals surface area contributed by atoms with Crippen molar-refractivity contribution in [2.75, 3.05) is 11.4 Å². The Morgan fingerprint density at radius 1 is 1.28 bits per heavy atom. The molecule has 0 atom stereocenters. The van der Waals surface area contributed by atoms with Crippen molar-refractivity contribution in [1.29, 1.82) is 0 Å². The number of thiophene rings is 1. The molecule has 0 radical (unpaired) electrons. The van der Waals surface area contributed by atoms with Crippen LogP contribution in [-0.2, 0) is 17.8 Å². The van der Waals surface area contributed by atoms with Crippen molar-refractivity contribution in [3.8, 4) is 0 Å². The summed E-state index contributed by atoms with van der Waals surface area (Å²) in [5.74, 6) is 0.172. The molecule has 3 rings (SSSR count). The summed E-state index contributed by atoms with van der Waals surface area (Å²) in [7, 11) is 0. The van der Waals surface area contributed by atoms with Crippen molar-refractivity contribution in [2.24, 2.45) is 0 Å². The number of carbonyl (C=O) groups is 2. The maximum absolute atomic E-state index is 12.4. The Morgan fingerprint density at radius 2 is 2.04 bits per heavy atom. The zero-order valence-corrected chi connectivity index (χ0v) is 15.6. The van der Waals surface area contributed by atoms with Gasteiger partial charge < -0.3 is 10.2 Å². The molecule has 25 heavy (non-hydrogen) atoms. The second-order valence-electron chi connectivity index (χ2n) is 6.44. The van der Waals surface area contributed by atoms with Crippen molar-refractivity contribution in [1.82, 2.24) is 5.32 Å². The normalized spacial score (nSPS) is 14.2. The lowest BCUT2D eigenvalue weighted by Gasteiger charge is -2.16. The van der Waals surface area contributed by atoms with Gasteiger partial charge in [0, 0.05) is 30.1 Å². The first-order valence-electron chi connectivity index (χ1n) is 8.85. The molecule has 0 saturated carbocycles. The van der Waals surface area contributed by atoms with Crippen molar-refractivity contribution >= 4 is 28.8 Å². The summed E-state index contributed by atoms with van der Waals surface area (Å²) in [6.07, 6.45) is 3.67. The fourth-order valence-corrected chi connectivity index (χ4v) is 4.12. The number of nitrogens with zero attached hydrogens (tertiary/aromatic N) is 1. The molecular formula is C20H24N2O2S. The van der Waals surface area contributed by atoms with Crippen LogP contribution in [0.25, 0.3) is 0 Å². The third-order valence-corrected chi connectivity index (χ3v) is 5.63. The number of rotatable bonds is 6. The van der Waals surface area contributed by atoms with E-state index in [1.807, 2.05) is 35.2 Å². The van der Waals surface area contributed by atoms with Gasteiger partial charge in [-0.3, -0.25) is 9.59 Å². The summed E-state index contributed by atoms with van der Waals surface area (Å²) in [5, 5.41) is 2.99. The molecule has 2 aromatic rings. The molecule has 1 aromatic carbocycles. The minimum absolute atomic E-state index is 0.0192. The number of hydrogen-bond acceptors (Lipinski definition) is 3. The zero-order valence-electron chi connectivity index (χ0n) is 14.8. The molecule has 1 N–H and O–H groups in total. The Labute approximate surface area is 152 Å². The highest BCUT2D eigenvalue weighted by Gasteiger charge is 2.21. The summed E-state index contributed by atoms with van der Waals surface area (Å²) in [6, 6.07) is 9.88. The van der Waals surface area contributed by atoms with Gasteiger partial charge in [-0.15, -0.1) is 11.3 Å². The monoisotopic (exact) mass is 356 g/mol. The summed E-state index contributed by atoms with van der Waals surface area (Å²) in [6.45, 7) is 5.51. The molecule has 4 nitrogen and oxygen atoms in total. The Balaban J connectivity index is 1.58.